The van der Waals surface area contributed by atoms with Crippen LogP contribution in [0.4, 0.5) is 4.39 Å². The Morgan fingerprint density at radius 3 is 2.70 bits per heavy atom. The van der Waals surface area contributed by atoms with Gasteiger partial charge in [-0.15, -0.1) is 0 Å². The summed E-state index contributed by atoms with van der Waals surface area (Å²) in [6, 6.07) is 3.42. The van der Waals surface area contributed by atoms with Gasteiger partial charge in [-0.1, -0.05) is 0 Å². The van der Waals surface area contributed by atoms with Gasteiger partial charge < -0.3 is 19.8 Å². The van der Waals surface area contributed by atoms with Crippen molar-refractivity contribution in [3.63, 3.8) is 0 Å². The van der Waals surface area contributed by atoms with Gasteiger partial charge in [0.05, 0.1) is 25.8 Å². The molecule has 0 radical (unpaired) electrons. The number of aliphatic hydroxyl groups is 1. The van der Waals surface area contributed by atoms with Crippen molar-refractivity contribution in [2.45, 2.75) is 12.1 Å². The van der Waals surface area contributed by atoms with Gasteiger partial charge in [0, 0.05) is 18.7 Å². The number of amides is 1. The zero-order valence-corrected chi connectivity index (χ0v) is 12.9. The lowest BCUT2D eigenvalue weighted by Gasteiger charge is -2.24. The molecule has 0 unspecified atom stereocenters. The molecule has 0 saturated carbocycles. The number of β-amino-alcohol motifs (C(OH)–C–C–N with tert-alkyl or cyclic N) is 1. The molecule has 0 aliphatic carbocycles. The number of halogens is 1. The molecular formula is C15H19FN2O5. The number of likely N-dealkylation sites (N-methyl/N-ethyl adjacent to an activating group) is 1. The number of nitrogens with zero attached hydrogens (tertiary/aromatic N) is 2. The number of hydrogen-bond acceptors (Lipinski definition) is 5. The minimum atomic E-state index is -1.01. The molecule has 2 rings (SSSR count). The molecule has 1 amide bonds. The quantitative estimate of drug-likeness (QED) is 0.794. The van der Waals surface area contributed by atoms with E-state index < -0.39 is 29.8 Å². The Labute approximate surface area is 132 Å². The van der Waals surface area contributed by atoms with Crippen molar-refractivity contribution in [3.8, 4) is 5.75 Å². The summed E-state index contributed by atoms with van der Waals surface area (Å²) in [6.45, 7) is 0.0133. The van der Waals surface area contributed by atoms with Crippen LogP contribution in [0.3, 0.4) is 0 Å². The molecule has 1 aliphatic rings. The maximum absolute atomic E-state index is 13.7. The Bertz CT molecular complexity index is 610. The molecule has 0 spiro atoms. The molecule has 0 aromatic heterocycles. The third-order valence-electron chi connectivity index (χ3n) is 3.90. The average molecular weight is 326 g/mol. The third-order valence-corrected chi connectivity index (χ3v) is 3.90. The summed E-state index contributed by atoms with van der Waals surface area (Å²) >= 11 is 0. The highest BCUT2D eigenvalue weighted by Gasteiger charge is 2.37. The second-order valence-electron chi connectivity index (χ2n) is 5.50. The van der Waals surface area contributed by atoms with Crippen molar-refractivity contribution in [3.05, 3.63) is 29.6 Å². The monoisotopic (exact) mass is 326 g/mol. The summed E-state index contributed by atoms with van der Waals surface area (Å²) in [6.07, 6.45) is -0.855. The lowest BCUT2D eigenvalue weighted by atomic mass is 10.2. The molecule has 1 saturated heterocycles. The number of aliphatic hydroxyl groups excluding tert-OH is 1. The van der Waals surface area contributed by atoms with Gasteiger partial charge in [0.25, 0.3) is 5.91 Å². The maximum atomic E-state index is 13.7. The van der Waals surface area contributed by atoms with E-state index in [9.17, 15) is 19.1 Å². The van der Waals surface area contributed by atoms with E-state index in [4.69, 9.17) is 9.84 Å². The molecule has 2 N–H and O–H groups in total. The van der Waals surface area contributed by atoms with E-state index in [-0.39, 0.29) is 30.9 Å². The number of aliphatic carboxylic acids is 1. The Morgan fingerprint density at radius 2 is 2.13 bits per heavy atom. The van der Waals surface area contributed by atoms with Crippen molar-refractivity contribution in [1.82, 2.24) is 9.80 Å². The molecule has 1 aliphatic heterocycles. The minimum Gasteiger partial charge on any atom is -0.494 e. The lowest BCUT2D eigenvalue weighted by Crippen LogP contribution is -2.43. The van der Waals surface area contributed by atoms with Crippen molar-refractivity contribution < 1.29 is 28.9 Å². The standard InChI is InChI=1S/C15H19FN2O5/c1-17(8-14(20)21)11-6-18(7-12(11)19)15(22)9-3-4-13(23-2)10(16)5-9/h3-5,11-12,19H,6-8H2,1-2H3,(H,20,21)/t11-,12-/m1/s1. The van der Waals surface area contributed by atoms with Gasteiger partial charge in [-0.3, -0.25) is 14.5 Å². The van der Waals surface area contributed by atoms with Gasteiger partial charge in [-0.2, -0.15) is 0 Å². The van der Waals surface area contributed by atoms with Crippen LogP contribution in [0.25, 0.3) is 0 Å². The number of hydrogen-bond donors (Lipinski definition) is 2. The highest BCUT2D eigenvalue weighted by Crippen LogP contribution is 2.21. The van der Waals surface area contributed by atoms with Crippen LogP contribution in [-0.2, 0) is 4.79 Å². The van der Waals surface area contributed by atoms with Crippen LogP contribution in [0, 0.1) is 5.82 Å². The largest absolute Gasteiger partial charge is 0.494 e. The Hall–Kier alpha value is -2.19. The normalized spacial score (nSPS) is 20.8. The van der Waals surface area contributed by atoms with E-state index in [1.54, 1.807) is 7.05 Å². The number of benzene rings is 1. The van der Waals surface area contributed by atoms with Gasteiger partial charge in [0.2, 0.25) is 0 Å². The number of carbonyl (C=O) groups is 2. The molecule has 8 heteroatoms. The number of methoxy groups -OCH3 is 1. The van der Waals surface area contributed by atoms with E-state index in [0.29, 0.717) is 0 Å². The lowest BCUT2D eigenvalue weighted by molar-refractivity contribution is -0.138. The van der Waals surface area contributed by atoms with E-state index in [0.717, 1.165) is 6.07 Å². The van der Waals surface area contributed by atoms with E-state index >= 15 is 0 Å². The molecule has 7 nitrogen and oxygen atoms in total. The second-order valence-corrected chi connectivity index (χ2v) is 5.50. The summed E-state index contributed by atoms with van der Waals surface area (Å²) in [5, 5.41) is 18.9. The van der Waals surface area contributed by atoms with Gasteiger partial charge in [0.15, 0.2) is 11.6 Å². The molecule has 23 heavy (non-hydrogen) atoms. The first-order valence-corrected chi connectivity index (χ1v) is 7.06. The Kier molecular flexibility index (Phi) is 5.17. The highest BCUT2D eigenvalue weighted by atomic mass is 19.1. The van der Waals surface area contributed by atoms with Crippen LogP contribution in [0.1, 0.15) is 10.4 Å². The third kappa shape index (κ3) is 3.77. The molecular weight excluding hydrogens is 307 g/mol. The summed E-state index contributed by atoms with van der Waals surface area (Å²) in [5.41, 5.74) is 0.150. The first-order chi connectivity index (χ1) is 10.8. The summed E-state index contributed by atoms with van der Waals surface area (Å²) < 4.78 is 18.5. The fourth-order valence-corrected chi connectivity index (χ4v) is 2.68. The zero-order valence-electron chi connectivity index (χ0n) is 12.9. The molecule has 1 fully saturated rings. The van der Waals surface area contributed by atoms with Crippen molar-refractivity contribution in [2.75, 3.05) is 33.8 Å². The van der Waals surface area contributed by atoms with Gasteiger partial charge in [-0.25, -0.2) is 4.39 Å². The van der Waals surface area contributed by atoms with Crippen LogP contribution in [-0.4, -0.2) is 77.8 Å². The van der Waals surface area contributed by atoms with Crippen LogP contribution in [0.2, 0.25) is 0 Å². The Morgan fingerprint density at radius 1 is 1.43 bits per heavy atom. The summed E-state index contributed by atoms with van der Waals surface area (Å²) in [7, 11) is 2.91. The minimum absolute atomic E-state index is 0.0436. The van der Waals surface area contributed by atoms with Crippen LogP contribution >= 0.6 is 0 Å². The molecule has 2 atom stereocenters. The second kappa shape index (κ2) is 6.93. The molecule has 1 heterocycles. The summed E-state index contributed by atoms with van der Waals surface area (Å²) in [5.74, 6) is -2.03. The first-order valence-electron chi connectivity index (χ1n) is 7.06. The van der Waals surface area contributed by atoms with E-state index in [1.807, 2.05) is 0 Å². The van der Waals surface area contributed by atoms with Crippen molar-refractivity contribution in [1.29, 1.82) is 0 Å². The average Bonchev–Trinajstić information content (AvgIpc) is 2.87. The van der Waals surface area contributed by atoms with E-state index in [2.05, 4.69) is 0 Å². The molecule has 1 aromatic rings. The first kappa shape index (κ1) is 17.2. The fraction of sp³-hybridized carbons (Fsp3) is 0.467. The van der Waals surface area contributed by atoms with Crippen molar-refractivity contribution in [2.24, 2.45) is 0 Å². The Balaban J connectivity index is 2.09. The van der Waals surface area contributed by atoms with Crippen LogP contribution < -0.4 is 4.74 Å². The molecule has 1 aromatic carbocycles. The SMILES string of the molecule is COc1ccc(C(=O)N2C[C@@H](O)[C@H](N(C)CC(=O)O)C2)cc1F. The van der Waals surface area contributed by atoms with E-state index in [1.165, 1.54) is 29.0 Å². The summed E-state index contributed by atoms with van der Waals surface area (Å²) in [4.78, 5) is 26.0. The van der Waals surface area contributed by atoms with Gasteiger partial charge in [-0.05, 0) is 25.2 Å². The fourth-order valence-electron chi connectivity index (χ4n) is 2.68. The molecule has 126 valence electrons. The zero-order chi connectivity index (χ0) is 17.1. The van der Waals surface area contributed by atoms with Crippen LogP contribution in [0.15, 0.2) is 18.2 Å². The highest BCUT2D eigenvalue weighted by molar-refractivity contribution is 5.94. The van der Waals surface area contributed by atoms with Gasteiger partial charge in [0.1, 0.15) is 0 Å². The predicted octanol–water partition coefficient (Wildman–Crippen LogP) is 0.0360. The maximum Gasteiger partial charge on any atom is 0.317 e. The number of carbonyl (C=O) groups excluding carboxylic acids is 1. The smallest absolute Gasteiger partial charge is 0.317 e. The predicted molar refractivity (Wildman–Crippen MR) is 78.9 cm³/mol. The number of rotatable bonds is 5. The number of likely N-dealkylation sites (tertiary alicyclic amines) is 1. The van der Waals surface area contributed by atoms with Crippen LogP contribution in [0.5, 0.6) is 5.75 Å². The topological polar surface area (TPSA) is 90.3 Å². The number of carboxylic acids is 1. The number of carboxylic acid groups (broad SMARTS) is 1. The van der Waals surface area contributed by atoms with Crippen molar-refractivity contribution >= 4 is 11.9 Å². The van der Waals surface area contributed by atoms with Gasteiger partial charge >= 0.3 is 5.97 Å². The number of ether oxygens (including phenoxy) is 1. The molecule has 0 bridgehead atoms.